The molecule has 2 rings (SSSR count). The molecule has 0 bridgehead atoms. The number of nitriles is 1. The van der Waals surface area contributed by atoms with Gasteiger partial charge in [0.1, 0.15) is 16.7 Å². The summed E-state index contributed by atoms with van der Waals surface area (Å²) >= 11 is 0. The highest BCUT2D eigenvalue weighted by molar-refractivity contribution is 7.89. The lowest BCUT2D eigenvalue weighted by Crippen LogP contribution is -2.63. The first-order chi connectivity index (χ1) is 8.91. The molecule has 1 aromatic heterocycles. The number of β-amino-alcohol motifs (C(OH)–C–C–N with tert-alkyl or cyclic N) is 1. The van der Waals surface area contributed by atoms with Crippen molar-refractivity contribution in [2.45, 2.75) is 30.3 Å². The van der Waals surface area contributed by atoms with Crippen LogP contribution in [0.25, 0.3) is 0 Å². The van der Waals surface area contributed by atoms with E-state index in [1.807, 2.05) is 13.0 Å². The Morgan fingerprint density at radius 3 is 2.68 bits per heavy atom. The van der Waals surface area contributed by atoms with Crippen LogP contribution in [0.1, 0.15) is 25.5 Å². The first-order valence-corrected chi connectivity index (χ1v) is 7.44. The van der Waals surface area contributed by atoms with Gasteiger partial charge in [0, 0.05) is 19.3 Å². The number of hydrogen-bond donors (Lipinski definition) is 1. The second-order valence-corrected chi connectivity index (χ2v) is 6.68. The first kappa shape index (κ1) is 13.9. The molecule has 0 aromatic carbocycles. The highest BCUT2D eigenvalue weighted by atomic mass is 32.2. The van der Waals surface area contributed by atoms with E-state index in [1.165, 1.54) is 22.6 Å². The largest absolute Gasteiger partial charge is 0.387 e. The molecule has 1 saturated heterocycles. The van der Waals surface area contributed by atoms with Crippen LogP contribution in [-0.4, -0.2) is 41.5 Å². The van der Waals surface area contributed by atoms with E-state index in [0.29, 0.717) is 6.42 Å². The van der Waals surface area contributed by atoms with Crippen molar-refractivity contribution in [3.63, 3.8) is 0 Å². The Balaban J connectivity index is 2.14. The van der Waals surface area contributed by atoms with Crippen molar-refractivity contribution in [2.24, 2.45) is 0 Å². The number of sulfonamides is 1. The molecule has 19 heavy (non-hydrogen) atoms. The van der Waals surface area contributed by atoms with Crippen molar-refractivity contribution in [3.8, 4) is 6.07 Å². The molecule has 0 radical (unpaired) electrons. The molecular formula is C12H15N3O3S. The van der Waals surface area contributed by atoms with Gasteiger partial charge in [-0.1, -0.05) is 13.3 Å². The molecule has 1 fully saturated rings. The molecule has 1 aliphatic rings. The van der Waals surface area contributed by atoms with Gasteiger partial charge in [0.15, 0.2) is 0 Å². The van der Waals surface area contributed by atoms with E-state index in [0.717, 1.165) is 6.42 Å². The number of nitrogens with zero attached hydrogens (tertiary/aromatic N) is 3. The zero-order valence-corrected chi connectivity index (χ0v) is 11.4. The highest BCUT2D eigenvalue weighted by Crippen LogP contribution is 2.30. The fourth-order valence-corrected chi connectivity index (χ4v) is 3.70. The van der Waals surface area contributed by atoms with E-state index in [4.69, 9.17) is 5.26 Å². The summed E-state index contributed by atoms with van der Waals surface area (Å²) in [6.45, 7) is 2.17. The van der Waals surface area contributed by atoms with Crippen molar-refractivity contribution in [1.29, 1.82) is 5.26 Å². The second-order valence-electron chi connectivity index (χ2n) is 4.74. The quantitative estimate of drug-likeness (QED) is 0.866. The number of aromatic nitrogens is 1. The van der Waals surface area contributed by atoms with E-state index in [2.05, 4.69) is 4.98 Å². The van der Waals surface area contributed by atoms with Crippen LogP contribution in [0, 0.1) is 11.3 Å². The number of rotatable bonds is 4. The Morgan fingerprint density at radius 1 is 1.53 bits per heavy atom. The fourth-order valence-electron chi connectivity index (χ4n) is 2.15. The zero-order chi connectivity index (χ0) is 14.1. The molecule has 7 heteroatoms. The molecular weight excluding hydrogens is 266 g/mol. The summed E-state index contributed by atoms with van der Waals surface area (Å²) in [5, 5.41) is 18.6. The summed E-state index contributed by atoms with van der Waals surface area (Å²) in [6.07, 6.45) is 2.57. The molecule has 0 amide bonds. The van der Waals surface area contributed by atoms with Gasteiger partial charge < -0.3 is 5.11 Å². The third kappa shape index (κ3) is 2.61. The number of pyridine rings is 1. The van der Waals surface area contributed by atoms with E-state index in [1.54, 1.807) is 0 Å². The SMILES string of the molecule is CCCC1(O)CN(S(=O)(=O)c2ccc(C#N)nc2)C1. The van der Waals surface area contributed by atoms with Gasteiger partial charge in [-0.2, -0.15) is 9.57 Å². The molecule has 0 aliphatic carbocycles. The van der Waals surface area contributed by atoms with Gasteiger partial charge in [0.05, 0.1) is 5.60 Å². The topological polar surface area (TPSA) is 94.3 Å². The maximum absolute atomic E-state index is 12.2. The molecule has 6 nitrogen and oxygen atoms in total. The van der Waals surface area contributed by atoms with Crippen molar-refractivity contribution >= 4 is 10.0 Å². The summed E-state index contributed by atoms with van der Waals surface area (Å²) in [5.41, 5.74) is -0.730. The number of hydrogen-bond acceptors (Lipinski definition) is 5. The maximum atomic E-state index is 12.2. The predicted octanol–water partition coefficient (Wildman–Crippen LogP) is 0.489. The summed E-state index contributed by atoms with van der Waals surface area (Å²) in [5.74, 6) is 0. The van der Waals surface area contributed by atoms with Gasteiger partial charge >= 0.3 is 0 Å². The first-order valence-electron chi connectivity index (χ1n) is 6.00. The van der Waals surface area contributed by atoms with Gasteiger partial charge in [0.2, 0.25) is 10.0 Å². The van der Waals surface area contributed by atoms with Crippen LogP contribution in [0.15, 0.2) is 23.2 Å². The summed E-state index contributed by atoms with van der Waals surface area (Å²) < 4.78 is 25.6. The number of aliphatic hydroxyl groups is 1. The smallest absolute Gasteiger partial charge is 0.244 e. The Kier molecular flexibility index (Phi) is 3.58. The predicted molar refractivity (Wildman–Crippen MR) is 67.6 cm³/mol. The minimum atomic E-state index is -3.62. The zero-order valence-electron chi connectivity index (χ0n) is 10.6. The van der Waals surface area contributed by atoms with Crippen LogP contribution >= 0.6 is 0 Å². The van der Waals surface area contributed by atoms with E-state index in [9.17, 15) is 13.5 Å². The van der Waals surface area contributed by atoms with E-state index in [-0.39, 0.29) is 23.7 Å². The molecule has 0 atom stereocenters. The second kappa shape index (κ2) is 4.89. The van der Waals surface area contributed by atoms with Gasteiger partial charge in [-0.25, -0.2) is 13.4 Å². The van der Waals surface area contributed by atoms with Crippen LogP contribution in [0.3, 0.4) is 0 Å². The van der Waals surface area contributed by atoms with E-state index < -0.39 is 15.6 Å². The van der Waals surface area contributed by atoms with Gasteiger partial charge in [-0.3, -0.25) is 0 Å². The third-order valence-electron chi connectivity index (χ3n) is 3.15. The summed E-state index contributed by atoms with van der Waals surface area (Å²) in [7, 11) is -3.62. The van der Waals surface area contributed by atoms with Gasteiger partial charge in [0.25, 0.3) is 0 Å². The Bertz CT molecular complexity index is 598. The normalized spacial score (nSPS) is 18.6. The Morgan fingerprint density at radius 2 is 2.21 bits per heavy atom. The summed E-state index contributed by atoms with van der Waals surface area (Å²) in [4.78, 5) is 3.79. The average molecular weight is 281 g/mol. The monoisotopic (exact) mass is 281 g/mol. The standard InChI is InChI=1S/C12H15N3O3S/c1-2-5-12(16)8-15(9-12)19(17,18)11-4-3-10(6-13)14-7-11/h3-4,7,16H,2,5,8-9H2,1H3. The lowest BCUT2D eigenvalue weighted by Gasteiger charge is -2.45. The highest BCUT2D eigenvalue weighted by Gasteiger charge is 2.46. The van der Waals surface area contributed by atoms with Crippen LogP contribution in [0.4, 0.5) is 0 Å². The summed E-state index contributed by atoms with van der Waals surface area (Å²) in [6, 6.07) is 4.56. The molecule has 2 heterocycles. The molecule has 1 aromatic rings. The van der Waals surface area contributed by atoms with Crippen LogP contribution in [0.5, 0.6) is 0 Å². The molecule has 0 spiro atoms. The van der Waals surface area contributed by atoms with E-state index >= 15 is 0 Å². The molecule has 0 saturated carbocycles. The van der Waals surface area contributed by atoms with Crippen LogP contribution in [0.2, 0.25) is 0 Å². The van der Waals surface area contributed by atoms with Gasteiger partial charge in [-0.05, 0) is 18.6 Å². The molecule has 102 valence electrons. The molecule has 1 aliphatic heterocycles. The average Bonchev–Trinajstić information content (AvgIpc) is 2.36. The minimum Gasteiger partial charge on any atom is -0.387 e. The van der Waals surface area contributed by atoms with Crippen molar-refractivity contribution in [3.05, 3.63) is 24.0 Å². The Labute approximate surface area is 112 Å². The fraction of sp³-hybridized carbons (Fsp3) is 0.500. The van der Waals surface area contributed by atoms with Crippen molar-refractivity contribution in [2.75, 3.05) is 13.1 Å². The Hall–Kier alpha value is -1.49. The van der Waals surface area contributed by atoms with Crippen LogP contribution < -0.4 is 0 Å². The molecule has 0 unspecified atom stereocenters. The maximum Gasteiger partial charge on any atom is 0.244 e. The van der Waals surface area contributed by atoms with Crippen LogP contribution in [-0.2, 0) is 10.0 Å². The van der Waals surface area contributed by atoms with Crippen molar-refractivity contribution < 1.29 is 13.5 Å². The van der Waals surface area contributed by atoms with Crippen molar-refractivity contribution in [1.82, 2.24) is 9.29 Å². The lowest BCUT2D eigenvalue weighted by molar-refractivity contribution is -0.0653. The molecule has 1 N–H and O–H groups in total. The minimum absolute atomic E-state index is 0.0463. The lowest BCUT2D eigenvalue weighted by atomic mass is 9.92. The third-order valence-corrected chi connectivity index (χ3v) is 4.92. The van der Waals surface area contributed by atoms with Gasteiger partial charge in [-0.15, -0.1) is 0 Å².